The van der Waals surface area contributed by atoms with Crippen LogP contribution in [0.3, 0.4) is 0 Å². The Hall–Kier alpha value is -2.11. The van der Waals surface area contributed by atoms with Crippen LogP contribution in [0.1, 0.15) is 19.4 Å². The number of hydrogen-bond donors (Lipinski definition) is 0. The number of carbonyl (C=O) groups is 1. The number of ether oxygens (including phenoxy) is 2. The first-order valence-electron chi connectivity index (χ1n) is 5.54. The van der Waals surface area contributed by atoms with Crippen LogP contribution < -0.4 is 4.74 Å². The third-order valence-corrected chi connectivity index (χ3v) is 2.30. The lowest BCUT2D eigenvalue weighted by Crippen LogP contribution is -2.26. The van der Waals surface area contributed by atoms with E-state index < -0.39 is 17.0 Å². The Morgan fingerprint density at radius 2 is 2.17 bits per heavy atom. The zero-order valence-electron chi connectivity index (χ0n) is 10.5. The van der Waals surface area contributed by atoms with Crippen LogP contribution in [0.2, 0.25) is 0 Å². The van der Waals surface area contributed by atoms with Crippen LogP contribution >= 0.6 is 0 Å². The molecule has 0 fully saturated rings. The van der Waals surface area contributed by atoms with Gasteiger partial charge in [0.05, 0.1) is 11.5 Å². The molecule has 1 aromatic carbocycles. The van der Waals surface area contributed by atoms with Crippen molar-refractivity contribution >= 4 is 11.7 Å². The van der Waals surface area contributed by atoms with Gasteiger partial charge in [0.1, 0.15) is 5.75 Å². The van der Waals surface area contributed by atoms with Crippen molar-refractivity contribution in [1.29, 1.82) is 0 Å². The second-order valence-electron chi connectivity index (χ2n) is 3.72. The van der Waals surface area contributed by atoms with Crippen LogP contribution in [0.25, 0.3) is 0 Å². The molecular formula is C12H15NO5. The van der Waals surface area contributed by atoms with Crippen LogP contribution in [0, 0.1) is 17.0 Å². The molecule has 0 radical (unpaired) electrons. The molecule has 0 aliphatic heterocycles. The van der Waals surface area contributed by atoms with Crippen molar-refractivity contribution in [3.8, 4) is 5.75 Å². The van der Waals surface area contributed by atoms with Gasteiger partial charge < -0.3 is 9.47 Å². The van der Waals surface area contributed by atoms with Gasteiger partial charge in [-0.3, -0.25) is 10.1 Å². The number of nitrogens with zero attached hydrogens (tertiary/aromatic N) is 1. The molecule has 1 atom stereocenters. The molecule has 18 heavy (non-hydrogen) atoms. The molecule has 0 bridgehead atoms. The van der Waals surface area contributed by atoms with Crippen molar-refractivity contribution < 1.29 is 19.2 Å². The van der Waals surface area contributed by atoms with E-state index in [2.05, 4.69) is 0 Å². The summed E-state index contributed by atoms with van der Waals surface area (Å²) in [5.41, 5.74) is 0.500. The van der Waals surface area contributed by atoms with Gasteiger partial charge in [0.15, 0.2) is 6.10 Å². The third-order valence-electron chi connectivity index (χ3n) is 2.30. The lowest BCUT2D eigenvalue weighted by Gasteiger charge is -2.13. The first-order valence-corrected chi connectivity index (χ1v) is 5.54. The highest BCUT2D eigenvalue weighted by atomic mass is 16.6. The van der Waals surface area contributed by atoms with Crippen LogP contribution in [-0.2, 0) is 9.53 Å². The van der Waals surface area contributed by atoms with E-state index in [1.165, 1.54) is 18.2 Å². The number of hydrogen-bond acceptors (Lipinski definition) is 5. The maximum absolute atomic E-state index is 11.4. The molecule has 1 aromatic rings. The summed E-state index contributed by atoms with van der Waals surface area (Å²) in [5, 5.41) is 10.6. The fourth-order valence-corrected chi connectivity index (χ4v) is 1.42. The largest absolute Gasteiger partial charge is 0.479 e. The summed E-state index contributed by atoms with van der Waals surface area (Å²) < 4.78 is 10.1. The Morgan fingerprint density at radius 1 is 1.50 bits per heavy atom. The van der Waals surface area contributed by atoms with Crippen LogP contribution in [0.4, 0.5) is 5.69 Å². The van der Waals surface area contributed by atoms with Crippen LogP contribution in [0.15, 0.2) is 18.2 Å². The summed E-state index contributed by atoms with van der Waals surface area (Å²) in [6.07, 6.45) is -0.745. The molecule has 1 unspecified atom stereocenters. The maximum atomic E-state index is 11.4. The average Bonchev–Trinajstić information content (AvgIpc) is 2.28. The van der Waals surface area contributed by atoms with Gasteiger partial charge in [-0.15, -0.1) is 0 Å². The zero-order valence-corrected chi connectivity index (χ0v) is 10.5. The van der Waals surface area contributed by atoms with E-state index in [1.807, 2.05) is 0 Å². The fourth-order valence-electron chi connectivity index (χ4n) is 1.42. The number of rotatable bonds is 5. The number of benzene rings is 1. The Bertz CT molecular complexity index is 458. The molecule has 0 saturated carbocycles. The van der Waals surface area contributed by atoms with E-state index in [9.17, 15) is 14.9 Å². The normalized spacial score (nSPS) is 11.7. The van der Waals surface area contributed by atoms with E-state index in [1.54, 1.807) is 20.8 Å². The Balaban J connectivity index is 2.77. The minimum absolute atomic E-state index is 0.0196. The molecule has 98 valence electrons. The van der Waals surface area contributed by atoms with Crippen molar-refractivity contribution in [2.24, 2.45) is 0 Å². The SMILES string of the molecule is CCOC(=O)C(C)Oc1ccc([N+](=O)[O-])c(C)c1. The van der Waals surface area contributed by atoms with Crippen LogP contribution in [0.5, 0.6) is 5.75 Å². The number of nitro groups is 1. The molecule has 0 N–H and O–H groups in total. The summed E-state index contributed by atoms with van der Waals surface area (Å²) in [7, 11) is 0. The lowest BCUT2D eigenvalue weighted by molar-refractivity contribution is -0.385. The minimum atomic E-state index is -0.745. The predicted octanol–water partition coefficient (Wildman–Crippen LogP) is 2.23. The molecule has 0 amide bonds. The number of esters is 1. The molecule has 0 heterocycles. The summed E-state index contributed by atoms with van der Waals surface area (Å²) in [6, 6.07) is 4.33. The van der Waals surface area contributed by atoms with Gasteiger partial charge in [0.2, 0.25) is 0 Å². The maximum Gasteiger partial charge on any atom is 0.347 e. The molecule has 0 saturated heterocycles. The molecule has 0 aliphatic rings. The van der Waals surface area contributed by atoms with E-state index in [-0.39, 0.29) is 12.3 Å². The quantitative estimate of drug-likeness (QED) is 0.456. The second kappa shape index (κ2) is 6.00. The summed E-state index contributed by atoms with van der Waals surface area (Å²) >= 11 is 0. The lowest BCUT2D eigenvalue weighted by atomic mass is 10.2. The highest BCUT2D eigenvalue weighted by Gasteiger charge is 2.17. The number of nitro benzene ring substituents is 1. The molecule has 6 heteroatoms. The molecular weight excluding hydrogens is 238 g/mol. The summed E-state index contributed by atoms with van der Waals surface area (Å²) in [4.78, 5) is 21.5. The van der Waals surface area contributed by atoms with Gasteiger partial charge in [-0.2, -0.15) is 0 Å². The summed E-state index contributed by atoms with van der Waals surface area (Å²) in [6.45, 7) is 5.17. The topological polar surface area (TPSA) is 78.7 Å². The molecule has 1 rings (SSSR count). The van der Waals surface area contributed by atoms with Gasteiger partial charge in [-0.1, -0.05) is 0 Å². The van der Waals surface area contributed by atoms with Gasteiger partial charge in [0.25, 0.3) is 5.69 Å². The van der Waals surface area contributed by atoms with E-state index >= 15 is 0 Å². The van der Waals surface area contributed by atoms with Crippen molar-refractivity contribution in [2.45, 2.75) is 26.9 Å². The number of carbonyl (C=O) groups excluding carboxylic acids is 1. The Kier molecular flexibility index (Phi) is 4.65. The van der Waals surface area contributed by atoms with Crippen molar-refractivity contribution in [2.75, 3.05) is 6.61 Å². The van der Waals surface area contributed by atoms with Crippen molar-refractivity contribution in [3.63, 3.8) is 0 Å². The zero-order chi connectivity index (χ0) is 13.7. The minimum Gasteiger partial charge on any atom is -0.479 e. The standard InChI is InChI=1S/C12H15NO5/c1-4-17-12(14)9(3)18-10-5-6-11(13(15)16)8(2)7-10/h5-7,9H,4H2,1-3H3. The van der Waals surface area contributed by atoms with E-state index in [0.29, 0.717) is 11.3 Å². The predicted molar refractivity (Wildman–Crippen MR) is 64.6 cm³/mol. The van der Waals surface area contributed by atoms with Crippen molar-refractivity contribution in [3.05, 3.63) is 33.9 Å². The van der Waals surface area contributed by atoms with Gasteiger partial charge >= 0.3 is 5.97 Å². The highest BCUT2D eigenvalue weighted by molar-refractivity contribution is 5.74. The first-order chi connectivity index (χ1) is 8.45. The van der Waals surface area contributed by atoms with Crippen LogP contribution in [-0.4, -0.2) is 23.6 Å². The Labute approximate surface area is 105 Å². The smallest absolute Gasteiger partial charge is 0.347 e. The first kappa shape index (κ1) is 14.0. The third kappa shape index (κ3) is 3.44. The molecule has 0 spiro atoms. The molecule has 0 aliphatic carbocycles. The average molecular weight is 253 g/mol. The number of aryl methyl sites for hydroxylation is 1. The highest BCUT2D eigenvalue weighted by Crippen LogP contribution is 2.23. The van der Waals surface area contributed by atoms with Gasteiger partial charge in [-0.05, 0) is 32.9 Å². The van der Waals surface area contributed by atoms with E-state index in [4.69, 9.17) is 9.47 Å². The fraction of sp³-hybridized carbons (Fsp3) is 0.417. The van der Waals surface area contributed by atoms with E-state index in [0.717, 1.165) is 0 Å². The van der Waals surface area contributed by atoms with Gasteiger partial charge in [-0.25, -0.2) is 4.79 Å². The molecule has 0 aromatic heterocycles. The molecule has 6 nitrogen and oxygen atoms in total. The monoisotopic (exact) mass is 253 g/mol. The second-order valence-corrected chi connectivity index (χ2v) is 3.72. The van der Waals surface area contributed by atoms with Crippen molar-refractivity contribution in [1.82, 2.24) is 0 Å². The Morgan fingerprint density at radius 3 is 2.67 bits per heavy atom. The summed E-state index contributed by atoms with van der Waals surface area (Å²) in [5.74, 6) is -0.0628. The van der Waals surface area contributed by atoms with Gasteiger partial charge in [0, 0.05) is 11.6 Å².